The van der Waals surface area contributed by atoms with E-state index >= 15 is 0 Å². The molecule has 0 fully saturated rings. The molecule has 3 rings (SSSR count). The first kappa shape index (κ1) is 18.8. The molecule has 0 aliphatic heterocycles. The Labute approximate surface area is 158 Å². The summed E-state index contributed by atoms with van der Waals surface area (Å²) in [5, 5.41) is 0. The zero-order valence-corrected chi connectivity index (χ0v) is 15.8. The second kappa shape index (κ2) is 7.73. The molecule has 0 atom stereocenters. The Bertz CT molecular complexity index is 1040. The number of carbonyl (C=O) groups is 1. The molecule has 0 N–H and O–H groups in total. The van der Waals surface area contributed by atoms with E-state index in [-0.39, 0.29) is 10.5 Å². The Morgan fingerprint density at radius 2 is 1.44 bits per heavy atom. The van der Waals surface area contributed by atoms with Crippen molar-refractivity contribution in [3.8, 4) is 16.9 Å². The van der Waals surface area contributed by atoms with E-state index in [4.69, 9.17) is 4.74 Å². The summed E-state index contributed by atoms with van der Waals surface area (Å²) < 4.78 is 30.9. The molecule has 0 aliphatic carbocycles. The molecule has 0 aliphatic rings. The SMILES string of the molecule is CN(C)S(=O)(=O)c1cccc(C(=O)Oc2ccc(-c3ccccc3)cc2)c1. The van der Waals surface area contributed by atoms with Crippen LogP contribution in [0.1, 0.15) is 10.4 Å². The third-order valence-electron chi connectivity index (χ3n) is 4.02. The largest absolute Gasteiger partial charge is 0.423 e. The monoisotopic (exact) mass is 381 g/mol. The van der Waals surface area contributed by atoms with Gasteiger partial charge in [-0.25, -0.2) is 17.5 Å². The highest BCUT2D eigenvalue weighted by Gasteiger charge is 2.19. The average Bonchev–Trinajstić information content (AvgIpc) is 2.69. The Morgan fingerprint density at radius 1 is 0.815 bits per heavy atom. The van der Waals surface area contributed by atoms with Gasteiger partial charge in [0.05, 0.1) is 10.5 Å². The van der Waals surface area contributed by atoms with Crippen LogP contribution in [0.3, 0.4) is 0 Å². The van der Waals surface area contributed by atoms with E-state index in [2.05, 4.69) is 0 Å². The van der Waals surface area contributed by atoms with E-state index in [1.165, 1.54) is 38.4 Å². The smallest absolute Gasteiger partial charge is 0.343 e. The molecule has 0 heterocycles. The maximum atomic E-state index is 12.4. The molecular weight excluding hydrogens is 362 g/mol. The minimum Gasteiger partial charge on any atom is -0.423 e. The van der Waals surface area contributed by atoms with Gasteiger partial charge in [-0.15, -0.1) is 0 Å². The van der Waals surface area contributed by atoms with Crippen LogP contribution in [-0.2, 0) is 10.0 Å². The van der Waals surface area contributed by atoms with Gasteiger partial charge in [-0.1, -0.05) is 48.5 Å². The quantitative estimate of drug-likeness (QED) is 0.498. The van der Waals surface area contributed by atoms with Crippen molar-refractivity contribution < 1.29 is 17.9 Å². The number of hydrogen-bond acceptors (Lipinski definition) is 4. The number of ether oxygens (including phenoxy) is 1. The number of hydrogen-bond donors (Lipinski definition) is 0. The van der Waals surface area contributed by atoms with Gasteiger partial charge in [-0.05, 0) is 41.5 Å². The molecular formula is C21H19NO4S. The number of rotatable bonds is 5. The number of esters is 1. The van der Waals surface area contributed by atoms with Crippen molar-refractivity contribution in [2.24, 2.45) is 0 Å². The first-order chi connectivity index (χ1) is 12.9. The number of nitrogens with zero attached hydrogens (tertiary/aromatic N) is 1. The Kier molecular flexibility index (Phi) is 5.39. The Morgan fingerprint density at radius 3 is 2.07 bits per heavy atom. The van der Waals surface area contributed by atoms with Crippen LogP contribution in [-0.4, -0.2) is 32.8 Å². The molecule has 0 saturated carbocycles. The van der Waals surface area contributed by atoms with E-state index < -0.39 is 16.0 Å². The fourth-order valence-corrected chi connectivity index (χ4v) is 3.45. The normalized spacial score (nSPS) is 11.4. The van der Waals surface area contributed by atoms with Crippen molar-refractivity contribution in [3.05, 3.63) is 84.4 Å². The van der Waals surface area contributed by atoms with Gasteiger partial charge in [0.2, 0.25) is 10.0 Å². The molecule has 0 bridgehead atoms. The first-order valence-electron chi connectivity index (χ1n) is 8.28. The number of sulfonamides is 1. The minimum atomic E-state index is -3.62. The molecule has 5 nitrogen and oxygen atoms in total. The van der Waals surface area contributed by atoms with E-state index in [9.17, 15) is 13.2 Å². The molecule has 3 aromatic rings. The van der Waals surface area contributed by atoms with Crippen LogP contribution < -0.4 is 4.74 Å². The van der Waals surface area contributed by atoms with Gasteiger partial charge in [0.25, 0.3) is 0 Å². The summed E-state index contributed by atoms with van der Waals surface area (Å²) >= 11 is 0. The van der Waals surface area contributed by atoms with Crippen LogP contribution in [0.15, 0.2) is 83.8 Å². The fourth-order valence-electron chi connectivity index (χ4n) is 2.51. The number of benzene rings is 3. The van der Waals surface area contributed by atoms with Gasteiger partial charge >= 0.3 is 5.97 Å². The highest BCUT2D eigenvalue weighted by atomic mass is 32.2. The third kappa shape index (κ3) is 4.24. The molecule has 0 amide bonds. The van der Waals surface area contributed by atoms with Gasteiger partial charge in [0.1, 0.15) is 5.75 Å². The second-order valence-electron chi connectivity index (χ2n) is 6.10. The topological polar surface area (TPSA) is 63.7 Å². The fraction of sp³-hybridized carbons (Fsp3) is 0.0952. The Balaban J connectivity index is 1.78. The lowest BCUT2D eigenvalue weighted by Crippen LogP contribution is -2.22. The lowest BCUT2D eigenvalue weighted by molar-refractivity contribution is 0.0734. The predicted octanol–water partition coefficient (Wildman–Crippen LogP) is 3.82. The van der Waals surface area contributed by atoms with E-state index in [0.717, 1.165) is 15.4 Å². The maximum absolute atomic E-state index is 12.4. The second-order valence-corrected chi connectivity index (χ2v) is 8.25. The van der Waals surface area contributed by atoms with Gasteiger partial charge < -0.3 is 4.74 Å². The predicted molar refractivity (Wildman–Crippen MR) is 104 cm³/mol. The summed E-state index contributed by atoms with van der Waals surface area (Å²) in [6.45, 7) is 0. The molecule has 138 valence electrons. The lowest BCUT2D eigenvalue weighted by atomic mass is 10.1. The van der Waals surface area contributed by atoms with Crippen LogP contribution in [0, 0.1) is 0 Å². The van der Waals surface area contributed by atoms with Gasteiger partial charge in [0, 0.05) is 14.1 Å². The number of carbonyl (C=O) groups excluding carboxylic acids is 1. The molecule has 0 radical (unpaired) electrons. The van der Waals surface area contributed by atoms with E-state index in [1.54, 1.807) is 12.1 Å². The summed E-state index contributed by atoms with van der Waals surface area (Å²) in [6, 6.07) is 22.8. The highest BCUT2D eigenvalue weighted by molar-refractivity contribution is 7.89. The molecule has 6 heteroatoms. The summed E-state index contributed by atoms with van der Waals surface area (Å²) in [6.07, 6.45) is 0. The van der Waals surface area contributed by atoms with Crippen LogP contribution in [0.25, 0.3) is 11.1 Å². The average molecular weight is 381 g/mol. The van der Waals surface area contributed by atoms with Gasteiger partial charge in [-0.2, -0.15) is 0 Å². The third-order valence-corrected chi connectivity index (χ3v) is 5.83. The van der Waals surface area contributed by atoms with Crippen LogP contribution in [0.2, 0.25) is 0 Å². The summed E-state index contributed by atoms with van der Waals surface area (Å²) in [5.41, 5.74) is 2.25. The molecule has 0 unspecified atom stereocenters. The van der Waals surface area contributed by atoms with Crippen LogP contribution in [0.5, 0.6) is 5.75 Å². The first-order valence-corrected chi connectivity index (χ1v) is 9.72. The van der Waals surface area contributed by atoms with Crippen molar-refractivity contribution in [2.75, 3.05) is 14.1 Å². The van der Waals surface area contributed by atoms with Crippen molar-refractivity contribution in [2.45, 2.75) is 4.90 Å². The van der Waals surface area contributed by atoms with Gasteiger partial charge in [-0.3, -0.25) is 0 Å². The van der Waals surface area contributed by atoms with E-state index in [1.807, 2.05) is 42.5 Å². The lowest BCUT2D eigenvalue weighted by Gasteiger charge is -2.12. The Hall–Kier alpha value is -2.96. The minimum absolute atomic E-state index is 0.0429. The van der Waals surface area contributed by atoms with Crippen LogP contribution in [0.4, 0.5) is 0 Å². The molecule has 0 spiro atoms. The molecule has 0 aromatic heterocycles. The van der Waals surface area contributed by atoms with Crippen LogP contribution >= 0.6 is 0 Å². The molecule has 0 saturated heterocycles. The zero-order chi connectivity index (χ0) is 19.4. The summed E-state index contributed by atoms with van der Waals surface area (Å²) in [7, 11) is -0.738. The zero-order valence-electron chi connectivity index (χ0n) is 15.0. The van der Waals surface area contributed by atoms with Crippen molar-refractivity contribution >= 4 is 16.0 Å². The molecule has 3 aromatic carbocycles. The highest BCUT2D eigenvalue weighted by Crippen LogP contribution is 2.23. The van der Waals surface area contributed by atoms with Crippen molar-refractivity contribution in [3.63, 3.8) is 0 Å². The van der Waals surface area contributed by atoms with Crippen molar-refractivity contribution in [1.29, 1.82) is 0 Å². The van der Waals surface area contributed by atoms with E-state index in [0.29, 0.717) is 5.75 Å². The van der Waals surface area contributed by atoms with Crippen molar-refractivity contribution in [1.82, 2.24) is 4.31 Å². The summed E-state index contributed by atoms with van der Waals surface area (Å²) in [4.78, 5) is 12.4. The maximum Gasteiger partial charge on any atom is 0.343 e. The standard InChI is InChI=1S/C21H19NO4S/c1-22(2)27(24,25)20-10-6-9-18(15-20)21(23)26-19-13-11-17(12-14-19)16-7-4-3-5-8-16/h3-15H,1-2H3. The summed E-state index contributed by atoms with van der Waals surface area (Å²) in [5.74, 6) is -0.223. The molecule has 27 heavy (non-hydrogen) atoms. The van der Waals surface area contributed by atoms with Gasteiger partial charge in [0.15, 0.2) is 0 Å².